The van der Waals surface area contributed by atoms with Gasteiger partial charge in [-0.1, -0.05) is 19.1 Å². The van der Waals surface area contributed by atoms with Crippen LogP contribution in [0.3, 0.4) is 0 Å². The van der Waals surface area contributed by atoms with E-state index in [1.54, 1.807) is 38.3 Å². The number of amides is 1. The van der Waals surface area contributed by atoms with Crippen LogP contribution in [0.5, 0.6) is 5.75 Å². The van der Waals surface area contributed by atoms with E-state index in [2.05, 4.69) is 27.9 Å². The predicted molar refractivity (Wildman–Crippen MR) is 105 cm³/mol. The number of anilines is 1. The van der Waals surface area contributed by atoms with Crippen LogP contribution in [0.2, 0.25) is 0 Å². The predicted octanol–water partition coefficient (Wildman–Crippen LogP) is 3.82. The maximum Gasteiger partial charge on any atom is 0.307 e. The molecule has 0 saturated carbocycles. The number of nitrogens with one attached hydrogen (secondary N) is 1. The molecule has 0 aliphatic rings. The van der Waals surface area contributed by atoms with Crippen molar-refractivity contribution < 1.29 is 19.4 Å². The molecule has 0 unspecified atom stereocenters. The molecule has 0 bridgehead atoms. The van der Waals surface area contributed by atoms with Gasteiger partial charge in [-0.15, -0.1) is 0 Å². The van der Waals surface area contributed by atoms with Gasteiger partial charge in [0.1, 0.15) is 5.75 Å². The van der Waals surface area contributed by atoms with Crippen LogP contribution in [-0.2, 0) is 16.0 Å². The number of benzene rings is 2. The third-order valence-electron chi connectivity index (χ3n) is 4.06. The molecule has 2 atom stereocenters. The highest BCUT2D eigenvalue weighted by Gasteiger charge is 2.30. The van der Waals surface area contributed by atoms with Crippen LogP contribution >= 0.6 is 22.6 Å². The van der Waals surface area contributed by atoms with E-state index in [1.807, 2.05) is 24.3 Å². The largest absolute Gasteiger partial charge is 0.497 e. The molecule has 0 aliphatic carbocycles. The number of ether oxygens (including phenoxy) is 1. The number of carboxylic acids is 1. The fourth-order valence-electron chi connectivity index (χ4n) is 2.47. The standard InChI is InChI=1S/C19H20INO4/c1-12(18(22)21-15-7-5-14(20)6-8-15)17(19(23)24)11-13-3-9-16(25-2)10-4-13/h3-10,12,17H,11H2,1-2H3,(H,21,22)(H,23,24)/t12-,17-/m0/s1. The minimum absolute atomic E-state index is 0.278. The molecule has 5 nitrogen and oxygen atoms in total. The summed E-state index contributed by atoms with van der Waals surface area (Å²) in [6.07, 6.45) is 0.278. The third-order valence-corrected chi connectivity index (χ3v) is 4.78. The number of hydrogen-bond acceptors (Lipinski definition) is 3. The molecule has 0 radical (unpaired) electrons. The zero-order valence-corrected chi connectivity index (χ0v) is 16.2. The number of carbonyl (C=O) groups is 2. The highest BCUT2D eigenvalue weighted by Crippen LogP contribution is 2.22. The van der Waals surface area contributed by atoms with E-state index in [9.17, 15) is 14.7 Å². The number of hydrogen-bond donors (Lipinski definition) is 2. The molecule has 2 rings (SSSR count). The number of rotatable bonds is 7. The number of aliphatic carboxylic acids is 1. The van der Waals surface area contributed by atoms with Gasteiger partial charge in [0.15, 0.2) is 0 Å². The number of carbonyl (C=O) groups excluding carboxylic acids is 1. The van der Waals surface area contributed by atoms with Gasteiger partial charge in [-0.3, -0.25) is 9.59 Å². The average molecular weight is 453 g/mol. The lowest BCUT2D eigenvalue weighted by atomic mass is 9.87. The molecule has 0 fully saturated rings. The Hall–Kier alpha value is -2.09. The van der Waals surface area contributed by atoms with Crippen molar-refractivity contribution in [2.24, 2.45) is 11.8 Å². The SMILES string of the molecule is COc1ccc(C[C@H](C(=O)O)[C@H](C)C(=O)Nc2ccc(I)cc2)cc1. The van der Waals surface area contributed by atoms with Crippen LogP contribution in [0.25, 0.3) is 0 Å². The van der Waals surface area contributed by atoms with Crippen LogP contribution in [0, 0.1) is 15.4 Å². The Labute approximate surface area is 160 Å². The van der Waals surface area contributed by atoms with Gasteiger partial charge in [0.25, 0.3) is 0 Å². The number of halogens is 1. The molecule has 0 aliphatic heterocycles. The Balaban J connectivity index is 2.07. The van der Waals surface area contributed by atoms with E-state index < -0.39 is 17.8 Å². The minimum Gasteiger partial charge on any atom is -0.497 e. The molecule has 0 saturated heterocycles. The van der Waals surface area contributed by atoms with E-state index in [4.69, 9.17) is 4.74 Å². The smallest absolute Gasteiger partial charge is 0.307 e. The van der Waals surface area contributed by atoms with Gasteiger partial charge in [-0.25, -0.2) is 0 Å². The molecule has 2 N–H and O–H groups in total. The zero-order valence-electron chi connectivity index (χ0n) is 14.0. The fourth-order valence-corrected chi connectivity index (χ4v) is 2.83. The first-order valence-corrected chi connectivity index (χ1v) is 8.90. The maximum atomic E-state index is 12.4. The van der Waals surface area contributed by atoms with Crippen LogP contribution in [0.1, 0.15) is 12.5 Å². The van der Waals surface area contributed by atoms with Crippen molar-refractivity contribution in [1.29, 1.82) is 0 Å². The van der Waals surface area contributed by atoms with Gasteiger partial charge < -0.3 is 15.2 Å². The maximum absolute atomic E-state index is 12.4. The molecule has 2 aromatic carbocycles. The van der Waals surface area contributed by atoms with Crippen molar-refractivity contribution >= 4 is 40.2 Å². The van der Waals surface area contributed by atoms with E-state index in [1.165, 1.54) is 0 Å². The van der Waals surface area contributed by atoms with Crippen molar-refractivity contribution in [2.75, 3.05) is 12.4 Å². The Morgan fingerprint density at radius 2 is 1.72 bits per heavy atom. The van der Waals surface area contributed by atoms with E-state index in [0.717, 1.165) is 9.13 Å². The van der Waals surface area contributed by atoms with Gasteiger partial charge in [0.05, 0.1) is 13.0 Å². The van der Waals surface area contributed by atoms with Crippen molar-refractivity contribution in [3.8, 4) is 5.75 Å². The quantitative estimate of drug-likeness (QED) is 0.626. The normalized spacial score (nSPS) is 12.9. The van der Waals surface area contributed by atoms with Crippen LogP contribution in [0.4, 0.5) is 5.69 Å². The van der Waals surface area contributed by atoms with E-state index in [0.29, 0.717) is 11.4 Å². The molecule has 6 heteroatoms. The Kier molecular flexibility index (Phi) is 6.81. The fraction of sp³-hybridized carbons (Fsp3) is 0.263. The monoisotopic (exact) mass is 453 g/mol. The van der Waals surface area contributed by atoms with Crippen LogP contribution in [0.15, 0.2) is 48.5 Å². The lowest BCUT2D eigenvalue weighted by Crippen LogP contribution is -2.33. The Morgan fingerprint density at radius 1 is 1.12 bits per heavy atom. The summed E-state index contributed by atoms with van der Waals surface area (Å²) in [4.78, 5) is 24.1. The molecule has 0 aromatic heterocycles. The number of methoxy groups -OCH3 is 1. The van der Waals surface area contributed by atoms with E-state index in [-0.39, 0.29) is 12.3 Å². The van der Waals surface area contributed by atoms with E-state index >= 15 is 0 Å². The van der Waals surface area contributed by atoms with Gasteiger partial charge in [-0.05, 0) is 71.0 Å². The van der Waals surface area contributed by atoms with Gasteiger partial charge in [0.2, 0.25) is 5.91 Å². The summed E-state index contributed by atoms with van der Waals surface area (Å²) in [6, 6.07) is 14.6. The van der Waals surface area contributed by atoms with Crippen molar-refractivity contribution in [2.45, 2.75) is 13.3 Å². The Bertz CT molecular complexity index is 728. The van der Waals surface area contributed by atoms with Crippen molar-refractivity contribution in [3.05, 3.63) is 57.7 Å². The van der Waals surface area contributed by atoms with Crippen LogP contribution in [-0.4, -0.2) is 24.1 Å². The summed E-state index contributed by atoms with van der Waals surface area (Å²) in [6.45, 7) is 1.64. The Morgan fingerprint density at radius 3 is 2.24 bits per heavy atom. The van der Waals surface area contributed by atoms with Crippen molar-refractivity contribution in [3.63, 3.8) is 0 Å². The summed E-state index contributed by atoms with van der Waals surface area (Å²) in [5.41, 5.74) is 1.51. The van der Waals surface area contributed by atoms with Crippen molar-refractivity contribution in [1.82, 2.24) is 0 Å². The molecule has 0 spiro atoms. The molecule has 132 valence electrons. The summed E-state index contributed by atoms with van der Waals surface area (Å²) in [5.74, 6) is -2.06. The second kappa shape index (κ2) is 8.84. The average Bonchev–Trinajstić information content (AvgIpc) is 2.61. The molecule has 25 heavy (non-hydrogen) atoms. The molecular formula is C19H20INO4. The summed E-state index contributed by atoms with van der Waals surface area (Å²) >= 11 is 2.18. The highest BCUT2D eigenvalue weighted by molar-refractivity contribution is 14.1. The summed E-state index contributed by atoms with van der Waals surface area (Å²) in [7, 11) is 1.58. The molecule has 0 heterocycles. The van der Waals surface area contributed by atoms with Gasteiger partial charge >= 0.3 is 5.97 Å². The highest BCUT2D eigenvalue weighted by atomic mass is 127. The minimum atomic E-state index is -0.985. The first kappa shape index (κ1) is 19.2. The summed E-state index contributed by atoms with van der Waals surface area (Å²) in [5, 5.41) is 12.3. The lowest BCUT2D eigenvalue weighted by Gasteiger charge is -2.20. The lowest BCUT2D eigenvalue weighted by molar-refractivity contribution is -0.145. The zero-order chi connectivity index (χ0) is 18.4. The number of carboxylic acid groups (broad SMARTS) is 1. The third kappa shape index (κ3) is 5.45. The van der Waals surface area contributed by atoms with Crippen LogP contribution < -0.4 is 10.1 Å². The first-order chi connectivity index (χ1) is 11.9. The van der Waals surface area contributed by atoms with Gasteiger partial charge in [0, 0.05) is 15.2 Å². The first-order valence-electron chi connectivity index (χ1n) is 7.83. The topological polar surface area (TPSA) is 75.6 Å². The second-order valence-corrected chi connectivity index (χ2v) is 7.03. The summed E-state index contributed by atoms with van der Waals surface area (Å²) < 4.78 is 6.16. The molecule has 2 aromatic rings. The molecule has 1 amide bonds. The second-order valence-electron chi connectivity index (χ2n) is 5.78. The van der Waals surface area contributed by atoms with Gasteiger partial charge in [-0.2, -0.15) is 0 Å². The molecular weight excluding hydrogens is 433 g/mol.